The molecule has 1 saturated heterocycles. The van der Waals surface area contributed by atoms with E-state index in [0.717, 1.165) is 28.3 Å². The molecule has 1 aromatic heterocycles. The minimum atomic E-state index is -0.110. The average molecular weight is 436 g/mol. The van der Waals surface area contributed by atoms with Crippen molar-refractivity contribution in [2.45, 2.75) is 20.8 Å². The first-order valence-corrected chi connectivity index (χ1v) is 10.8. The fourth-order valence-electron chi connectivity index (χ4n) is 3.61. The maximum Gasteiger partial charge on any atom is 0.321 e. The molecule has 2 aromatic carbocycles. The number of rotatable bonds is 3. The summed E-state index contributed by atoms with van der Waals surface area (Å²) in [6, 6.07) is 15.7. The number of piperazine rings is 1. The molecule has 1 fully saturated rings. The number of nitrogens with zero attached hydrogens (tertiary/aromatic N) is 4. The number of nitrogens with one attached hydrogen (secondary N) is 1. The molecule has 2 heterocycles. The lowest BCUT2D eigenvalue weighted by Gasteiger charge is -2.35. The molecular weight excluding hydrogens is 410 g/mol. The Morgan fingerprint density at radius 1 is 0.871 bits per heavy atom. The molecule has 0 spiro atoms. The van der Waals surface area contributed by atoms with E-state index in [-0.39, 0.29) is 6.03 Å². The second kappa shape index (κ2) is 8.94. The first-order chi connectivity index (χ1) is 14.9. The Labute approximate surface area is 187 Å². The van der Waals surface area contributed by atoms with E-state index in [4.69, 9.17) is 11.6 Å². The highest BCUT2D eigenvalue weighted by molar-refractivity contribution is 6.31. The van der Waals surface area contributed by atoms with Crippen molar-refractivity contribution in [3.63, 3.8) is 0 Å². The van der Waals surface area contributed by atoms with Crippen LogP contribution >= 0.6 is 11.6 Å². The molecule has 1 aliphatic heterocycles. The number of urea groups is 1. The largest absolute Gasteiger partial charge is 0.352 e. The highest BCUT2D eigenvalue weighted by atomic mass is 35.5. The van der Waals surface area contributed by atoms with Crippen LogP contribution in [0.4, 0.5) is 16.3 Å². The van der Waals surface area contributed by atoms with Gasteiger partial charge in [-0.25, -0.2) is 4.79 Å². The summed E-state index contributed by atoms with van der Waals surface area (Å²) in [5.74, 6) is 0.832. The highest BCUT2D eigenvalue weighted by Crippen LogP contribution is 2.23. The third kappa shape index (κ3) is 4.80. The summed E-state index contributed by atoms with van der Waals surface area (Å²) in [5, 5.41) is 12.4. The number of carbonyl (C=O) groups excluding carboxylic acids is 1. The molecule has 1 N–H and O–H groups in total. The van der Waals surface area contributed by atoms with Crippen LogP contribution < -0.4 is 10.2 Å². The Hall–Kier alpha value is -3.12. The van der Waals surface area contributed by atoms with Gasteiger partial charge in [0.25, 0.3) is 0 Å². The van der Waals surface area contributed by atoms with Gasteiger partial charge in [-0.05, 0) is 67.8 Å². The molecule has 31 heavy (non-hydrogen) atoms. The number of carbonyl (C=O) groups is 1. The summed E-state index contributed by atoms with van der Waals surface area (Å²) in [4.78, 5) is 16.6. The third-order valence-corrected chi connectivity index (χ3v) is 6.02. The van der Waals surface area contributed by atoms with Gasteiger partial charge >= 0.3 is 6.03 Å². The zero-order chi connectivity index (χ0) is 22.0. The van der Waals surface area contributed by atoms with Gasteiger partial charge in [0.15, 0.2) is 5.82 Å². The third-order valence-electron chi connectivity index (χ3n) is 5.79. The molecule has 3 aromatic rings. The van der Waals surface area contributed by atoms with Crippen molar-refractivity contribution in [1.82, 2.24) is 15.1 Å². The van der Waals surface area contributed by atoms with Crippen LogP contribution in [0.2, 0.25) is 5.02 Å². The first kappa shape index (κ1) is 21.1. The summed E-state index contributed by atoms with van der Waals surface area (Å²) < 4.78 is 0. The van der Waals surface area contributed by atoms with Crippen LogP contribution in [0.3, 0.4) is 0 Å². The van der Waals surface area contributed by atoms with E-state index >= 15 is 0 Å². The van der Waals surface area contributed by atoms with Gasteiger partial charge in [-0.1, -0.05) is 29.8 Å². The molecule has 0 saturated carbocycles. The number of anilines is 2. The molecule has 1 aliphatic rings. The number of aryl methyl sites for hydroxylation is 3. The minimum absolute atomic E-state index is 0.110. The van der Waals surface area contributed by atoms with Crippen LogP contribution in [0.25, 0.3) is 11.3 Å². The fraction of sp³-hybridized carbons (Fsp3) is 0.292. The van der Waals surface area contributed by atoms with Crippen LogP contribution in [0.5, 0.6) is 0 Å². The van der Waals surface area contributed by atoms with E-state index in [1.807, 2.05) is 36.1 Å². The second-order valence-electron chi connectivity index (χ2n) is 7.94. The smallest absolute Gasteiger partial charge is 0.321 e. The van der Waals surface area contributed by atoms with E-state index in [0.29, 0.717) is 31.2 Å². The van der Waals surface area contributed by atoms with Crippen LogP contribution in [0.1, 0.15) is 16.7 Å². The summed E-state index contributed by atoms with van der Waals surface area (Å²) in [6.45, 7) is 8.80. The van der Waals surface area contributed by atoms with Crippen molar-refractivity contribution in [3.05, 3.63) is 70.2 Å². The first-order valence-electron chi connectivity index (χ1n) is 10.4. The Balaban J connectivity index is 1.36. The van der Waals surface area contributed by atoms with Crippen LogP contribution in [-0.2, 0) is 0 Å². The number of halogens is 1. The predicted octanol–water partition coefficient (Wildman–Crippen LogP) is 5.08. The number of amides is 2. The van der Waals surface area contributed by atoms with Crippen molar-refractivity contribution in [1.29, 1.82) is 0 Å². The molecule has 0 aliphatic carbocycles. The Kier molecular flexibility index (Phi) is 6.09. The normalized spacial score (nSPS) is 13.9. The average Bonchev–Trinajstić information content (AvgIpc) is 2.78. The number of benzene rings is 2. The lowest BCUT2D eigenvalue weighted by Crippen LogP contribution is -2.50. The quantitative estimate of drug-likeness (QED) is 0.623. The molecular formula is C24H26ClN5O. The summed E-state index contributed by atoms with van der Waals surface area (Å²) in [7, 11) is 0. The zero-order valence-corrected chi connectivity index (χ0v) is 18.8. The molecule has 0 atom stereocenters. The molecule has 0 radical (unpaired) electrons. The standard InChI is InChI=1S/C24H26ClN5O/c1-16-4-6-19(14-18(16)3)21-8-9-23(28-27-21)29-10-12-30(13-11-29)24(31)26-22-15-20(25)7-5-17(22)2/h4-9,14-15H,10-13H2,1-3H3,(H,26,31). The van der Waals surface area contributed by atoms with Gasteiger partial charge in [-0.2, -0.15) is 0 Å². The predicted molar refractivity (Wildman–Crippen MR) is 126 cm³/mol. The van der Waals surface area contributed by atoms with Crippen molar-refractivity contribution in [3.8, 4) is 11.3 Å². The Morgan fingerprint density at radius 3 is 2.29 bits per heavy atom. The Morgan fingerprint density at radius 2 is 1.61 bits per heavy atom. The molecule has 6 nitrogen and oxygen atoms in total. The lowest BCUT2D eigenvalue weighted by atomic mass is 10.0. The van der Waals surface area contributed by atoms with Crippen molar-refractivity contribution in [2.75, 3.05) is 36.4 Å². The monoisotopic (exact) mass is 435 g/mol. The van der Waals surface area contributed by atoms with Gasteiger partial charge < -0.3 is 15.1 Å². The van der Waals surface area contributed by atoms with E-state index in [9.17, 15) is 4.79 Å². The van der Waals surface area contributed by atoms with Gasteiger partial charge in [-0.15, -0.1) is 10.2 Å². The molecule has 2 amide bonds. The summed E-state index contributed by atoms with van der Waals surface area (Å²) in [5.41, 5.74) is 6.16. The van der Waals surface area contributed by atoms with Crippen LogP contribution in [0.15, 0.2) is 48.5 Å². The van der Waals surface area contributed by atoms with Gasteiger partial charge in [-0.3, -0.25) is 0 Å². The van der Waals surface area contributed by atoms with E-state index < -0.39 is 0 Å². The maximum atomic E-state index is 12.7. The maximum absolute atomic E-state index is 12.7. The highest BCUT2D eigenvalue weighted by Gasteiger charge is 2.22. The number of aromatic nitrogens is 2. The number of hydrogen-bond donors (Lipinski definition) is 1. The van der Waals surface area contributed by atoms with Gasteiger partial charge in [0.1, 0.15) is 0 Å². The number of hydrogen-bond acceptors (Lipinski definition) is 4. The topological polar surface area (TPSA) is 61.4 Å². The van der Waals surface area contributed by atoms with Crippen molar-refractivity contribution >= 4 is 29.1 Å². The molecule has 0 bridgehead atoms. The molecule has 160 valence electrons. The molecule has 7 heteroatoms. The van der Waals surface area contributed by atoms with Crippen LogP contribution in [0, 0.1) is 20.8 Å². The fourth-order valence-corrected chi connectivity index (χ4v) is 3.78. The van der Waals surface area contributed by atoms with Crippen LogP contribution in [-0.4, -0.2) is 47.3 Å². The molecule has 4 rings (SSSR count). The van der Waals surface area contributed by atoms with Crippen molar-refractivity contribution < 1.29 is 4.79 Å². The van der Waals surface area contributed by atoms with E-state index in [1.54, 1.807) is 6.07 Å². The van der Waals surface area contributed by atoms with Gasteiger partial charge in [0.05, 0.1) is 5.69 Å². The minimum Gasteiger partial charge on any atom is -0.352 e. The second-order valence-corrected chi connectivity index (χ2v) is 8.38. The summed E-state index contributed by atoms with van der Waals surface area (Å²) >= 11 is 6.05. The van der Waals surface area contributed by atoms with E-state index in [1.165, 1.54) is 11.1 Å². The van der Waals surface area contributed by atoms with Gasteiger partial charge in [0, 0.05) is 42.5 Å². The zero-order valence-electron chi connectivity index (χ0n) is 18.0. The SMILES string of the molecule is Cc1ccc(-c2ccc(N3CCN(C(=O)Nc4cc(Cl)ccc4C)CC3)nn2)cc1C. The summed E-state index contributed by atoms with van der Waals surface area (Å²) in [6.07, 6.45) is 0. The van der Waals surface area contributed by atoms with E-state index in [2.05, 4.69) is 52.5 Å². The van der Waals surface area contributed by atoms with Gasteiger partial charge in [0.2, 0.25) is 0 Å². The lowest BCUT2D eigenvalue weighted by molar-refractivity contribution is 0.208. The van der Waals surface area contributed by atoms with Crippen molar-refractivity contribution in [2.24, 2.45) is 0 Å². The Bertz CT molecular complexity index is 1090. The molecule has 0 unspecified atom stereocenters.